The third-order valence-corrected chi connectivity index (χ3v) is 5.27. The van der Waals surface area contributed by atoms with Gasteiger partial charge in [-0.05, 0) is 41.1 Å². The van der Waals surface area contributed by atoms with E-state index in [2.05, 4.69) is 0 Å². The average Bonchev–Trinajstić information content (AvgIpc) is 2.89. The van der Waals surface area contributed by atoms with Crippen molar-refractivity contribution >= 4 is 40.5 Å². The molecule has 2 heterocycles. The molecule has 0 amide bonds. The molecular weight excluding hydrogens is 329 g/mol. The molecule has 2 aromatic rings. The van der Waals surface area contributed by atoms with Crippen molar-refractivity contribution in [2.45, 2.75) is 19.0 Å². The van der Waals surface area contributed by atoms with Crippen LogP contribution < -0.4 is 0 Å². The minimum Gasteiger partial charge on any atom is -0.480 e. The normalized spacial score (nSPS) is 18.5. The fourth-order valence-electron chi connectivity index (χ4n) is 2.70. The van der Waals surface area contributed by atoms with E-state index in [9.17, 15) is 9.90 Å². The van der Waals surface area contributed by atoms with Crippen LogP contribution in [0.4, 0.5) is 0 Å². The second kappa shape index (κ2) is 5.97. The predicted molar refractivity (Wildman–Crippen MR) is 85.3 cm³/mol. The molecule has 1 N–H and O–H groups in total. The first-order valence-electron chi connectivity index (χ1n) is 6.53. The molecule has 0 saturated heterocycles. The summed E-state index contributed by atoms with van der Waals surface area (Å²) >= 11 is 13.7. The smallest absolute Gasteiger partial charge is 0.325 e. The van der Waals surface area contributed by atoms with Crippen LogP contribution >= 0.6 is 34.5 Å². The molecule has 0 spiro atoms. The fourth-order valence-corrected chi connectivity index (χ4v) is 4.07. The van der Waals surface area contributed by atoms with Gasteiger partial charge in [-0.1, -0.05) is 29.3 Å². The summed E-state index contributed by atoms with van der Waals surface area (Å²) in [5.74, 6) is -0.820. The summed E-state index contributed by atoms with van der Waals surface area (Å²) < 4.78 is 0. The second-order valence-corrected chi connectivity index (χ2v) is 6.84. The van der Waals surface area contributed by atoms with E-state index in [-0.39, 0.29) is 0 Å². The number of thiophene rings is 1. The van der Waals surface area contributed by atoms with Crippen molar-refractivity contribution in [3.05, 3.63) is 55.7 Å². The van der Waals surface area contributed by atoms with E-state index in [0.717, 1.165) is 17.5 Å². The number of hydrogen-bond donors (Lipinski definition) is 1. The van der Waals surface area contributed by atoms with E-state index < -0.39 is 12.0 Å². The zero-order valence-corrected chi connectivity index (χ0v) is 13.4. The molecule has 110 valence electrons. The highest BCUT2D eigenvalue weighted by atomic mass is 35.5. The zero-order valence-electron chi connectivity index (χ0n) is 11.1. The number of carbonyl (C=O) groups is 1. The average molecular weight is 342 g/mol. The minimum absolute atomic E-state index is 0.502. The lowest BCUT2D eigenvalue weighted by atomic mass is 9.99. The number of halogens is 2. The molecule has 0 bridgehead atoms. The molecule has 6 heteroatoms. The summed E-state index contributed by atoms with van der Waals surface area (Å²) in [4.78, 5) is 14.8. The van der Waals surface area contributed by atoms with Crippen LogP contribution in [-0.2, 0) is 17.8 Å². The Morgan fingerprint density at radius 3 is 2.90 bits per heavy atom. The minimum atomic E-state index is -0.820. The summed E-state index contributed by atoms with van der Waals surface area (Å²) in [6.45, 7) is 1.21. The monoisotopic (exact) mass is 341 g/mol. The number of benzene rings is 1. The molecular formula is C15H13Cl2NO2S. The number of carboxylic acid groups (broad SMARTS) is 1. The van der Waals surface area contributed by atoms with Gasteiger partial charge in [0.2, 0.25) is 0 Å². The fraction of sp³-hybridized carbons (Fsp3) is 0.267. The first-order chi connectivity index (χ1) is 10.1. The van der Waals surface area contributed by atoms with Crippen molar-refractivity contribution in [3.63, 3.8) is 0 Å². The molecule has 3 rings (SSSR count). The second-order valence-electron chi connectivity index (χ2n) is 5.00. The van der Waals surface area contributed by atoms with Gasteiger partial charge in [-0.15, -0.1) is 11.3 Å². The Labute approximate surface area is 136 Å². The summed E-state index contributed by atoms with van der Waals surface area (Å²) in [6.07, 6.45) is 0.877. The van der Waals surface area contributed by atoms with E-state index in [1.54, 1.807) is 23.5 Å². The van der Waals surface area contributed by atoms with Crippen LogP contribution in [0.25, 0.3) is 0 Å². The molecule has 0 saturated carbocycles. The van der Waals surface area contributed by atoms with E-state index in [4.69, 9.17) is 23.2 Å². The number of carboxylic acids is 1. The molecule has 1 aromatic carbocycles. The van der Waals surface area contributed by atoms with Crippen molar-refractivity contribution in [3.8, 4) is 0 Å². The molecule has 0 radical (unpaired) electrons. The lowest BCUT2D eigenvalue weighted by molar-refractivity contribution is -0.144. The van der Waals surface area contributed by atoms with Crippen LogP contribution in [0.3, 0.4) is 0 Å². The Kier molecular flexibility index (Phi) is 4.22. The third kappa shape index (κ3) is 2.94. The molecule has 1 atom stereocenters. The van der Waals surface area contributed by atoms with Gasteiger partial charge in [0, 0.05) is 28.0 Å². The van der Waals surface area contributed by atoms with E-state index in [1.807, 2.05) is 22.4 Å². The third-order valence-electron chi connectivity index (χ3n) is 3.69. The Morgan fingerprint density at radius 1 is 1.38 bits per heavy atom. The van der Waals surface area contributed by atoms with Crippen molar-refractivity contribution in [2.75, 3.05) is 6.54 Å². The highest BCUT2D eigenvalue weighted by molar-refractivity contribution is 7.10. The van der Waals surface area contributed by atoms with E-state index >= 15 is 0 Å². The van der Waals surface area contributed by atoms with Gasteiger partial charge in [-0.2, -0.15) is 0 Å². The Morgan fingerprint density at radius 2 is 2.19 bits per heavy atom. The number of aliphatic carboxylic acids is 1. The van der Waals surface area contributed by atoms with Crippen molar-refractivity contribution in [1.82, 2.24) is 4.90 Å². The van der Waals surface area contributed by atoms with Crippen molar-refractivity contribution in [1.29, 1.82) is 0 Å². The molecule has 1 aliphatic rings. The van der Waals surface area contributed by atoms with Gasteiger partial charge in [0.05, 0.1) is 0 Å². The predicted octanol–water partition coefficient (Wildman–Crippen LogP) is 4.24. The first-order valence-corrected chi connectivity index (χ1v) is 8.17. The van der Waals surface area contributed by atoms with Gasteiger partial charge in [-0.3, -0.25) is 9.69 Å². The summed E-state index contributed by atoms with van der Waals surface area (Å²) in [6, 6.07) is 6.63. The molecule has 21 heavy (non-hydrogen) atoms. The lowest BCUT2D eigenvalue weighted by Crippen LogP contribution is -2.38. The molecule has 0 fully saturated rings. The van der Waals surface area contributed by atoms with Gasteiger partial charge in [-0.25, -0.2) is 0 Å². The number of nitrogens with zero attached hydrogens (tertiary/aromatic N) is 1. The SMILES string of the molecule is O=C(O)C1c2ccsc2CCN1Cc1ccc(Cl)cc1Cl. The lowest BCUT2D eigenvalue weighted by Gasteiger charge is -2.33. The molecule has 0 aliphatic carbocycles. The summed E-state index contributed by atoms with van der Waals surface area (Å²) in [7, 11) is 0. The first kappa shape index (κ1) is 14.9. The van der Waals surface area contributed by atoms with Gasteiger partial charge < -0.3 is 5.11 Å². The number of fused-ring (bicyclic) bond motifs is 1. The highest BCUT2D eigenvalue weighted by Gasteiger charge is 2.33. The summed E-state index contributed by atoms with van der Waals surface area (Å²) in [5.41, 5.74) is 1.80. The number of rotatable bonds is 3. The maximum atomic E-state index is 11.7. The standard InChI is InChI=1S/C15H13Cl2NO2S/c16-10-2-1-9(12(17)7-10)8-18-5-3-13-11(4-6-21-13)14(18)15(19)20/h1-2,4,6-7,14H,3,5,8H2,(H,19,20). The topological polar surface area (TPSA) is 40.5 Å². The zero-order chi connectivity index (χ0) is 15.0. The number of hydrogen-bond acceptors (Lipinski definition) is 3. The molecule has 3 nitrogen and oxygen atoms in total. The highest BCUT2D eigenvalue weighted by Crippen LogP contribution is 2.35. The molecule has 1 aromatic heterocycles. The molecule has 1 aliphatic heterocycles. The van der Waals surface area contributed by atoms with E-state index in [1.165, 1.54) is 4.88 Å². The van der Waals surface area contributed by atoms with Crippen LogP contribution in [0.1, 0.15) is 22.0 Å². The van der Waals surface area contributed by atoms with Crippen LogP contribution in [0.15, 0.2) is 29.6 Å². The van der Waals surface area contributed by atoms with E-state index in [0.29, 0.717) is 23.1 Å². The maximum absolute atomic E-state index is 11.7. The van der Waals surface area contributed by atoms with Crippen LogP contribution in [0, 0.1) is 0 Å². The quantitative estimate of drug-likeness (QED) is 0.907. The maximum Gasteiger partial charge on any atom is 0.325 e. The van der Waals surface area contributed by atoms with Crippen LogP contribution in [-0.4, -0.2) is 22.5 Å². The van der Waals surface area contributed by atoms with Gasteiger partial charge in [0.25, 0.3) is 0 Å². The van der Waals surface area contributed by atoms with Crippen molar-refractivity contribution < 1.29 is 9.90 Å². The Bertz CT molecular complexity index is 686. The van der Waals surface area contributed by atoms with Crippen molar-refractivity contribution in [2.24, 2.45) is 0 Å². The molecule has 1 unspecified atom stereocenters. The largest absolute Gasteiger partial charge is 0.480 e. The summed E-state index contributed by atoms with van der Waals surface area (Å²) in [5, 5.41) is 12.7. The Balaban J connectivity index is 1.90. The van der Waals surface area contributed by atoms with Gasteiger partial charge in [0.15, 0.2) is 0 Å². The Hall–Kier alpha value is -1.07. The van der Waals surface area contributed by atoms with Gasteiger partial charge in [0.1, 0.15) is 6.04 Å². The van der Waals surface area contributed by atoms with Crippen LogP contribution in [0.5, 0.6) is 0 Å². The van der Waals surface area contributed by atoms with Gasteiger partial charge >= 0.3 is 5.97 Å². The van der Waals surface area contributed by atoms with Crippen LogP contribution in [0.2, 0.25) is 10.0 Å².